The van der Waals surface area contributed by atoms with Crippen LogP contribution in [0.25, 0.3) is 6.08 Å². The standard InChI is InChI=1S/C17H14N2O5S/c20-13-6-2-1-4-11(13)8-14-16(22)19(17(23)25-14)10-15(21)18-9-12-5-3-7-24-12/h1-8,20H,9-10H2,(H,18,21)/b14-8-. The molecule has 3 amide bonds. The number of carbonyl (C=O) groups excluding carboxylic acids is 3. The number of para-hydroxylation sites is 1. The smallest absolute Gasteiger partial charge is 0.294 e. The first kappa shape index (κ1) is 16.8. The van der Waals surface area contributed by atoms with Crippen molar-refractivity contribution >= 4 is 34.9 Å². The number of nitrogens with one attached hydrogen (secondary N) is 1. The predicted molar refractivity (Wildman–Crippen MR) is 91.3 cm³/mol. The van der Waals surface area contributed by atoms with E-state index in [1.54, 1.807) is 30.3 Å². The average Bonchev–Trinajstić information content (AvgIpc) is 3.19. The lowest BCUT2D eigenvalue weighted by atomic mass is 10.2. The van der Waals surface area contributed by atoms with Gasteiger partial charge in [-0.25, -0.2) is 0 Å². The fraction of sp³-hybridized carbons (Fsp3) is 0.118. The summed E-state index contributed by atoms with van der Waals surface area (Å²) < 4.78 is 5.09. The van der Waals surface area contributed by atoms with Gasteiger partial charge in [0, 0.05) is 5.56 Å². The first-order valence-corrected chi connectivity index (χ1v) is 8.18. The number of phenolic OH excluding ortho intramolecular Hbond substituents is 1. The van der Waals surface area contributed by atoms with Gasteiger partial charge in [-0.3, -0.25) is 19.3 Å². The Morgan fingerprint density at radius 2 is 2.04 bits per heavy atom. The van der Waals surface area contributed by atoms with Crippen LogP contribution in [0.4, 0.5) is 4.79 Å². The number of aromatic hydroxyl groups is 1. The molecule has 1 aromatic carbocycles. The fourth-order valence-electron chi connectivity index (χ4n) is 2.19. The second-order valence-electron chi connectivity index (χ2n) is 5.18. The van der Waals surface area contributed by atoms with E-state index in [-0.39, 0.29) is 23.7 Å². The number of benzene rings is 1. The Morgan fingerprint density at radius 1 is 1.24 bits per heavy atom. The molecule has 7 nitrogen and oxygen atoms in total. The molecule has 0 atom stereocenters. The molecule has 1 aliphatic heterocycles. The highest BCUT2D eigenvalue weighted by Gasteiger charge is 2.36. The van der Waals surface area contributed by atoms with Gasteiger partial charge in [-0.15, -0.1) is 0 Å². The molecule has 0 spiro atoms. The number of rotatable bonds is 5. The minimum Gasteiger partial charge on any atom is -0.507 e. The van der Waals surface area contributed by atoms with Crippen LogP contribution < -0.4 is 5.32 Å². The average molecular weight is 358 g/mol. The van der Waals surface area contributed by atoms with Crippen molar-refractivity contribution in [3.8, 4) is 5.75 Å². The Bertz CT molecular complexity index is 844. The number of hydrogen-bond donors (Lipinski definition) is 2. The van der Waals surface area contributed by atoms with Crippen molar-refractivity contribution in [3.05, 3.63) is 58.9 Å². The first-order valence-electron chi connectivity index (χ1n) is 7.37. The molecule has 0 bridgehead atoms. The van der Waals surface area contributed by atoms with Crippen molar-refractivity contribution in [2.45, 2.75) is 6.54 Å². The number of phenols is 1. The third-order valence-corrected chi connectivity index (χ3v) is 4.35. The second kappa shape index (κ2) is 7.27. The summed E-state index contributed by atoms with van der Waals surface area (Å²) in [5.41, 5.74) is 0.426. The summed E-state index contributed by atoms with van der Waals surface area (Å²) >= 11 is 0.732. The van der Waals surface area contributed by atoms with E-state index < -0.39 is 17.1 Å². The van der Waals surface area contributed by atoms with Crippen molar-refractivity contribution < 1.29 is 23.9 Å². The molecular weight excluding hydrogens is 344 g/mol. The van der Waals surface area contributed by atoms with E-state index in [0.717, 1.165) is 16.7 Å². The zero-order valence-corrected chi connectivity index (χ0v) is 13.8. The van der Waals surface area contributed by atoms with Crippen molar-refractivity contribution in [2.75, 3.05) is 6.54 Å². The number of imide groups is 1. The number of nitrogens with zero attached hydrogens (tertiary/aromatic N) is 1. The van der Waals surface area contributed by atoms with Crippen molar-refractivity contribution in [2.24, 2.45) is 0 Å². The molecule has 2 heterocycles. The summed E-state index contributed by atoms with van der Waals surface area (Å²) in [4.78, 5) is 37.3. The van der Waals surface area contributed by atoms with Gasteiger partial charge in [-0.05, 0) is 36.0 Å². The van der Waals surface area contributed by atoms with E-state index in [0.29, 0.717) is 11.3 Å². The van der Waals surface area contributed by atoms with Crippen LogP contribution in [0, 0.1) is 0 Å². The third kappa shape index (κ3) is 3.92. The van der Waals surface area contributed by atoms with Crippen LogP contribution in [0.2, 0.25) is 0 Å². The Morgan fingerprint density at radius 3 is 2.76 bits per heavy atom. The fourth-order valence-corrected chi connectivity index (χ4v) is 3.01. The summed E-state index contributed by atoms with van der Waals surface area (Å²) in [5.74, 6) is -0.457. The van der Waals surface area contributed by atoms with Gasteiger partial charge in [0.1, 0.15) is 18.1 Å². The van der Waals surface area contributed by atoms with E-state index in [9.17, 15) is 19.5 Å². The van der Waals surface area contributed by atoms with Gasteiger partial charge in [0.2, 0.25) is 5.91 Å². The maximum atomic E-state index is 12.3. The minimum absolute atomic E-state index is 0.00508. The monoisotopic (exact) mass is 358 g/mol. The van der Waals surface area contributed by atoms with Crippen LogP contribution >= 0.6 is 11.8 Å². The van der Waals surface area contributed by atoms with Gasteiger partial charge in [-0.2, -0.15) is 0 Å². The number of hydrogen-bond acceptors (Lipinski definition) is 6. The molecule has 3 rings (SSSR count). The summed E-state index contributed by atoms with van der Waals surface area (Å²) in [6.45, 7) is -0.195. The third-order valence-electron chi connectivity index (χ3n) is 3.44. The lowest BCUT2D eigenvalue weighted by molar-refractivity contribution is -0.129. The number of amides is 3. The van der Waals surface area contributed by atoms with Crippen LogP contribution in [0.1, 0.15) is 11.3 Å². The van der Waals surface area contributed by atoms with Crippen LogP contribution in [-0.2, 0) is 16.1 Å². The number of furan rings is 1. The molecule has 1 saturated heterocycles. The summed E-state index contributed by atoms with van der Waals surface area (Å²) in [6, 6.07) is 9.87. The van der Waals surface area contributed by atoms with Gasteiger partial charge in [0.05, 0.1) is 17.7 Å². The van der Waals surface area contributed by atoms with Crippen molar-refractivity contribution in [1.82, 2.24) is 10.2 Å². The minimum atomic E-state index is -0.564. The highest BCUT2D eigenvalue weighted by atomic mass is 32.2. The molecule has 2 aromatic rings. The van der Waals surface area contributed by atoms with Gasteiger partial charge in [0.15, 0.2) is 0 Å². The lowest BCUT2D eigenvalue weighted by Crippen LogP contribution is -2.39. The van der Waals surface area contributed by atoms with Crippen molar-refractivity contribution in [3.63, 3.8) is 0 Å². The normalized spacial score (nSPS) is 15.8. The highest BCUT2D eigenvalue weighted by molar-refractivity contribution is 8.18. The van der Waals surface area contributed by atoms with Gasteiger partial charge >= 0.3 is 0 Å². The van der Waals surface area contributed by atoms with E-state index in [1.165, 1.54) is 18.4 Å². The summed E-state index contributed by atoms with van der Waals surface area (Å²) in [6.07, 6.45) is 2.92. The molecule has 1 aromatic heterocycles. The van der Waals surface area contributed by atoms with E-state index in [4.69, 9.17) is 4.42 Å². The number of carbonyl (C=O) groups is 3. The van der Waals surface area contributed by atoms with Crippen LogP contribution in [-0.4, -0.2) is 33.6 Å². The lowest BCUT2D eigenvalue weighted by Gasteiger charge is -2.11. The maximum Gasteiger partial charge on any atom is 0.294 e. The van der Waals surface area contributed by atoms with E-state index in [2.05, 4.69) is 5.32 Å². The van der Waals surface area contributed by atoms with Gasteiger partial charge in [0.25, 0.3) is 11.1 Å². The van der Waals surface area contributed by atoms with Gasteiger partial charge < -0.3 is 14.8 Å². The molecule has 128 valence electrons. The van der Waals surface area contributed by atoms with Crippen molar-refractivity contribution in [1.29, 1.82) is 0 Å². The van der Waals surface area contributed by atoms with E-state index in [1.807, 2.05) is 0 Å². The van der Waals surface area contributed by atoms with Crippen LogP contribution in [0.5, 0.6) is 5.75 Å². The summed E-state index contributed by atoms with van der Waals surface area (Å²) in [5, 5.41) is 11.8. The van der Waals surface area contributed by atoms with Gasteiger partial charge in [-0.1, -0.05) is 18.2 Å². The largest absolute Gasteiger partial charge is 0.507 e. The first-order chi connectivity index (χ1) is 12.0. The molecule has 2 N–H and O–H groups in total. The quantitative estimate of drug-likeness (QED) is 0.796. The molecule has 0 radical (unpaired) electrons. The second-order valence-corrected chi connectivity index (χ2v) is 6.18. The van der Waals surface area contributed by atoms with Crippen LogP contribution in [0.3, 0.4) is 0 Å². The summed E-state index contributed by atoms with van der Waals surface area (Å²) in [7, 11) is 0. The molecule has 1 aliphatic rings. The Kier molecular flexibility index (Phi) is 4.90. The molecule has 0 aliphatic carbocycles. The molecule has 25 heavy (non-hydrogen) atoms. The zero-order valence-electron chi connectivity index (χ0n) is 13.0. The molecule has 8 heteroatoms. The number of thioether (sulfide) groups is 1. The molecular formula is C17H14N2O5S. The maximum absolute atomic E-state index is 12.3. The molecule has 1 fully saturated rings. The topological polar surface area (TPSA) is 99.9 Å². The Labute approximate surface area is 147 Å². The Hall–Kier alpha value is -3.00. The molecule has 0 saturated carbocycles. The predicted octanol–water partition coefficient (Wildman–Crippen LogP) is 2.34. The Balaban J connectivity index is 1.65. The molecule has 0 unspecified atom stereocenters. The van der Waals surface area contributed by atoms with Crippen LogP contribution in [0.15, 0.2) is 52.0 Å². The highest BCUT2D eigenvalue weighted by Crippen LogP contribution is 2.33. The SMILES string of the molecule is O=C(CN1C(=O)S/C(=C\c2ccccc2O)C1=O)NCc1ccco1. The zero-order chi connectivity index (χ0) is 17.8. The van der Waals surface area contributed by atoms with E-state index >= 15 is 0 Å².